The van der Waals surface area contributed by atoms with Gasteiger partial charge < -0.3 is 24.8 Å². The van der Waals surface area contributed by atoms with Crippen LogP contribution in [0.3, 0.4) is 0 Å². The molecule has 4 atom stereocenters. The summed E-state index contributed by atoms with van der Waals surface area (Å²) in [5.41, 5.74) is 0. The molecule has 0 radical (unpaired) electrons. The lowest BCUT2D eigenvalue weighted by molar-refractivity contribution is -0.142. The Hall–Kier alpha value is -1.34. The molecule has 0 spiro atoms. The third-order valence-electron chi connectivity index (χ3n) is 4.45. The predicted molar refractivity (Wildman–Crippen MR) is 75.0 cm³/mol. The molecular weight excluding hydrogens is 276 g/mol. The molecule has 0 aromatic carbocycles. The molecule has 7 heteroatoms. The van der Waals surface area contributed by atoms with E-state index >= 15 is 0 Å². The summed E-state index contributed by atoms with van der Waals surface area (Å²) >= 11 is 0. The Labute approximate surface area is 124 Å². The summed E-state index contributed by atoms with van der Waals surface area (Å²) < 4.78 is 10.8. The molecule has 21 heavy (non-hydrogen) atoms. The molecule has 0 bridgehead atoms. The minimum Gasteiger partial charge on any atom is -0.481 e. The summed E-state index contributed by atoms with van der Waals surface area (Å²) in [6.07, 6.45) is 2.10. The number of hydrogen-bond acceptors (Lipinski definition) is 4. The molecule has 2 heterocycles. The van der Waals surface area contributed by atoms with Gasteiger partial charge in [-0.3, -0.25) is 4.79 Å². The Morgan fingerprint density at radius 2 is 2.14 bits per heavy atom. The van der Waals surface area contributed by atoms with Crippen LogP contribution in [0.25, 0.3) is 0 Å². The first kappa shape index (κ1) is 16.0. The van der Waals surface area contributed by atoms with Gasteiger partial charge in [-0.2, -0.15) is 0 Å². The first-order valence-corrected chi connectivity index (χ1v) is 7.47. The van der Waals surface area contributed by atoms with Crippen molar-refractivity contribution in [2.24, 2.45) is 11.8 Å². The molecule has 120 valence electrons. The Morgan fingerprint density at radius 3 is 2.81 bits per heavy atom. The van der Waals surface area contributed by atoms with Gasteiger partial charge >= 0.3 is 12.0 Å². The maximum atomic E-state index is 12.2. The lowest BCUT2D eigenvalue weighted by atomic mass is 10.00. The van der Waals surface area contributed by atoms with Crippen molar-refractivity contribution >= 4 is 12.0 Å². The van der Waals surface area contributed by atoms with E-state index in [9.17, 15) is 9.59 Å². The van der Waals surface area contributed by atoms with E-state index in [1.165, 1.54) is 4.90 Å². The number of nitrogens with one attached hydrogen (secondary N) is 1. The highest BCUT2D eigenvalue weighted by Gasteiger charge is 2.38. The van der Waals surface area contributed by atoms with Gasteiger partial charge in [0.05, 0.1) is 25.4 Å². The van der Waals surface area contributed by atoms with Crippen molar-refractivity contribution in [2.45, 2.75) is 31.9 Å². The third-order valence-corrected chi connectivity index (χ3v) is 4.45. The summed E-state index contributed by atoms with van der Waals surface area (Å²) in [6, 6.07) is -0.664. The number of carbonyl (C=O) groups is 2. The number of amides is 2. The van der Waals surface area contributed by atoms with E-state index in [4.69, 9.17) is 14.6 Å². The van der Waals surface area contributed by atoms with Crippen molar-refractivity contribution in [3.05, 3.63) is 0 Å². The van der Waals surface area contributed by atoms with Crippen LogP contribution in [-0.4, -0.2) is 67.6 Å². The second-order valence-corrected chi connectivity index (χ2v) is 5.71. The normalized spacial score (nSPS) is 32.1. The van der Waals surface area contributed by atoms with Crippen molar-refractivity contribution in [2.75, 3.05) is 33.4 Å². The van der Waals surface area contributed by atoms with Gasteiger partial charge in [0.2, 0.25) is 0 Å². The fraction of sp³-hybridized carbons (Fsp3) is 0.857. The quantitative estimate of drug-likeness (QED) is 0.774. The van der Waals surface area contributed by atoms with Gasteiger partial charge in [0.25, 0.3) is 0 Å². The molecule has 2 N–H and O–H groups in total. The second kappa shape index (κ2) is 7.09. The largest absolute Gasteiger partial charge is 0.481 e. The number of ether oxygens (including phenoxy) is 2. The minimum atomic E-state index is -0.924. The molecule has 2 fully saturated rings. The number of carboxylic acid groups (broad SMARTS) is 1. The van der Waals surface area contributed by atoms with E-state index in [0.29, 0.717) is 12.5 Å². The first-order valence-electron chi connectivity index (χ1n) is 7.47. The van der Waals surface area contributed by atoms with Crippen LogP contribution in [-0.2, 0) is 14.3 Å². The van der Waals surface area contributed by atoms with Crippen LogP contribution in [0.15, 0.2) is 0 Å². The monoisotopic (exact) mass is 300 g/mol. The minimum absolute atomic E-state index is 0.159. The lowest BCUT2D eigenvalue weighted by Gasteiger charge is -2.27. The maximum Gasteiger partial charge on any atom is 0.317 e. The van der Waals surface area contributed by atoms with Crippen LogP contribution >= 0.6 is 0 Å². The molecular formula is C14H24N2O5. The van der Waals surface area contributed by atoms with Crippen LogP contribution in [0.1, 0.15) is 19.8 Å². The fourth-order valence-corrected chi connectivity index (χ4v) is 3.03. The third kappa shape index (κ3) is 3.65. The van der Waals surface area contributed by atoms with Crippen LogP contribution in [0.5, 0.6) is 0 Å². The first-order chi connectivity index (χ1) is 10.0. The maximum absolute atomic E-state index is 12.2. The van der Waals surface area contributed by atoms with E-state index in [1.807, 2.05) is 0 Å². The van der Waals surface area contributed by atoms with Gasteiger partial charge in [0.1, 0.15) is 5.92 Å². The molecule has 2 aliphatic rings. The number of rotatable bonds is 5. The van der Waals surface area contributed by atoms with Crippen LogP contribution in [0.4, 0.5) is 4.79 Å². The number of likely N-dealkylation sites (N-methyl/N-ethyl adjacent to an activating group) is 1. The summed E-state index contributed by atoms with van der Waals surface area (Å²) in [5.74, 6) is -1.24. The van der Waals surface area contributed by atoms with Crippen molar-refractivity contribution in [1.82, 2.24) is 10.2 Å². The molecule has 2 saturated heterocycles. The summed E-state index contributed by atoms with van der Waals surface area (Å²) in [6.45, 7) is 3.81. The number of aliphatic carboxylic acids is 1. The van der Waals surface area contributed by atoms with Gasteiger partial charge in [-0.15, -0.1) is 0 Å². The van der Waals surface area contributed by atoms with Crippen LogP contribution < -0.4 is 5.32 Å². The molecule has 0 aromatic heterocycles. The topological polar surface area (TPSA) is 88.1 Å². The van der Waals surface area contributed by atoms with Gasteiger partial charge in [-0.05, 0) is 12.8 Å². The lowest BCUT2D eigenvalue weighted by Crippen LogP contribution is -2.49. The molecule has 0 aromatic rings. The molecule has 0 aliphatic carbocycles. The van der Waals surface area contributed by atoms with Gasteiger partial charge in [-0.25, -0.2) is 4.79 Å². The number of carboxylic acids is 1. The van der Waals surface area contributed by atoms with E-state index in [0.717, 1.165) is 19.4 Å². The zero-order valence-corrected chi connectivity index (χ0v) is 12.6. The second-order valence-electron chi connectivity index (χ2n) is 5.71. The predicted octanol–water partition coefficient (Wildman–Crippen LogP) is 0.543. The van der Waals surface area contributed by atoms with Crippen LogP contribution in [0, 0.1) is 11.8 Å². The van der Waals surface area contributed by atoms with Crippen molar-refractivity contribution in [1.29, 1.82) is 0 Å². The molecule has 2 rings (SSSR count). The average Bonchev–Trinajstić information content (AvgIpc) is 3.11. The number of urea groups is 1. The fourth-order valence-electron chi connectivity index (χ4n) is 3.03. The summed E-state index contributed by atoms with van der Waals surface area (Å²) in [4.78, 5) is 24.8. The zero-order chi connectivity index (χ0) is 15.4. The zero-order valence-electron chi connectivity index (χ0n) is 12.6. The number of nitrogens with zero attached hydrogens (tertiary/aromatic N) is 1. The van der Waals surface area contributed by atoms with Crippen molar-refractivity contribution < 1.29 is 24.2 Å². The van der Waals surface area contributed by atoms with Crippen LogP contribution in [0.2, 0.25) is 0 Å². The van der Waals surface area contributed by atoms with E-state index in [2.05, 4.69) is 12.2 Å². The number of carbonyl (C=O) groups excluding carboxylic acids is 1. The van der Waals surface area contributed by atoms with Crippen molar-refractivity contribution in [3.63, 3.8) is 0 Å². The Kier molecular flexibility index (Phi) is 5.41. The summed E-state index contributed by atoms with van der Waals surface area (Å²) in [5, 5.41) is 12.0. The smallest absolute Gasteiger partial charge is 0.317 e. The average molecular weight is 300 g/mol. The Balaban J connectivity index is 1.83. The highest BCUT2D eigenvalue weighted by molar-refractivity contribution is 5.77. The summed E-state index contributed by atoms with van der Waals surface area (Å²) in [7, 11) is 1.62. The molecule has 4 unspecified atom stereocenters. The SMILES string of the molecule is CCC1OCCC1CNC(=O)N(C)C1COCC1C(=O)O. The van der Waals surface area contributed by atoms with E-state index in [-0.39, 0.29) is 25.3 Å². The van der Waals surface area contributed by atoms with E-state index in [1.54, 1.807) is 7.05 Å². The highest BCUT2D eigenvalue weighted by Crippen LogP contribution is 2.23. The standard InChI is InChI=1S/C14H24N2O5/c1-3-12-9(4-5-21-12)6-15-14(19)16(2)11-8-20-7-10(11)13(17)18/h9-12H,3-8H2,1-2H3,(H,15,19)(H,17,18). The van der Waals surface area contributed by atoms with Gasteiger partial charge in [-0.1, -0.05) is 6.92 Å². The van der Waals surface area contributed by atoms with Crippen molar-refractivity contribution in [3.8, 4) is 0 Å². The van der Waals surface area contributed by atoms with E-state index < -0.39 is 17.9 Å². The Bertz CT molecular complexity index is 390. The molecule has 2 aliphatic heterocycles. The molecule has 7 nitrogen and oxygen atoms in total. The molecule has 0 saturated carbocycles. The Morgan fingerprint density at radius 1 is 1.38 bits per heavy atom. The van der Waals surface area contributed by atoms with Gasteiger partial charge in [0, 0.05) is 26.1 Å². The molecule has 2 amide bonds. The number of hydrogen-bond donors (Lipinski definition) is 2. The highest BCUT2D eigenvalue weighted by atomic mass is 16.5. The van der Waals surface area contributed by atoms with Gasteiger partial charge in [0.15, 0.2) is 0 Å².